The van der Waals surface area contributed by atoms with Gasteiger partial charge < -0.3 is 0 Å². The lowest BCUT2D eigenvalue weighted by atomic mass is 10.0. The molecule has 10 aromatic rings. The summed E-state index contributed by atoms with van der Waals surface area (Å²) in [6.07, 6.45) is 0. The molecule has 248 valence electrons. The second-order valence-corrected chi connectivity index (χ2v) is 13.1. The maximum atomic E-state index is 5.26. The molecule has 7 aromatic carbocycles. The van der Waals surface area contributed by atoms with E-state index in [1.54, 1.807) is 0 Å². The monoisotopic (exact) mass is 677 g/mol. The second-order valence-electron chi connectivity index (χ2n) is 13.1. The van der Waals surface area contributed by atoms with Crippen LogP contribution in [0, 0.1) is 0 Å². The van der Waals surface area contributed by atoms with Gasteiger partial charge in [0, 0.05) is 38.4 Å². The minimum Gasteiger partial charge on any atom is -0.277 e. The van der Waals surface area contributed by atoms with Crippen molar-refractivity contribution in [3.05, 3.63) is 188 Å². The predicted molar refractivity (Wildman–Crippen MR) is 216 cm³/mol. The van der Waals surface area contributed by atoms with Crippen molar-refractivity contribution in [2.24, 2.45) is 0 Å². The highest BCUT2D eigenvalue weighted by Gasteiger charge is 2.21. The molecule has 0 bridgehead atoms. The van der Waals surface area contributed by atoms with Gasteiger partial charge in [-0.2, -0.15) is 0 Å². The van der Waals surface area contributed by atoms with Crippen LogP contribution in [-0.2, 0) is 0 Å². The van der Waals surface area contributed by atoms with Crippen LogP contribution in [0.2, 0.25) is 0 Å². The molecule has 3 aromatic heterocycles. The van der Waals surface area contributed by atoms with Crippen molar-refractivity contribution in [3.63, 3.8) is 0 Å². The second kappa shape index (κ2) is 12.8. The van der Waals surface area contributed by atoms with Crippen molar-refractivity contribution in [1.29, 1.82) is 0 Å². The third-order valence-electron chi connectivity index (χ3n) is 9.84. The molecule has 0 radical (unpaired) electrons. The number of hydrogen-bond donors (Lipinski definition) is 0. The van der Waals surface area contributed by atoms with Crippen LogP contribution in [0.1, 0.15) is 0 Å². The topological polar surface area (TPSA) is 56.0 Å². The fraction of sp³-hybridized carbons (Fsp3) is 0. The van der Waals surface area contributed by atoms with Crippen LogP contribution in [0.3, 0.4) is 0 Å². The molecular formula is C48H31N5. The van der Waals surface area contributed by atoms with Gasteiger partial charge in [-0.1, -0.05) is 182 Å². The number of fused-ring (bicyclic) bond motifs is 4. The summed E-state index contributed by atoms with van der Waals surface area (Å²) in [5, 5.41) is 3.28. The lowest BCUT2D eigenvalue weighted by Gasteiger charge is -2.12. The van der Waals surface area contributed by atoms with Gasteiger partial charge in [-0.25, -0.2) is 19.9 Å². The van der Waals surface area contributed by atoms with Gasteiger partial charge in [-0.3, -0.25) is 4.40 Å². The minimum absolute atomic E-state index is 0.684. The molecule has 0 spiro atoms. The summed E-state index contributed by atoms with van der Waals surface area (Å²) in [6, 6.07) is 64.9. The fourth-order valence-corrected chi connectivity index (χ4v) is 7.26. The number of para-hydroxylation sites is 1. The van der Waals surface area contributed by atoms with Gasteiger partial charge >= 0.3 is 0 Å². The van der Waals surface area contributed by atoms with Crippen molar-refractivity contribution in [1.82, 2.24) is 24.3 Å². The molecule has 0 saturated carbocycles. The van der Waals surface area contributed by atoms with E-state index in [0.717, 1.165) is 83.5 Å². The van der Waals surface area contributed by atoms with E-state index in [1.165, 1.54) is 0 Å². The van der Waals surface area contributed by atoms with E-state index in [4.69, 9.17) is 19.9 Å². The predicted octanol–water partition coefficient (Wildman–Crippen LogP) is 11.8. The zero-order valence-corrected chi connectivity index (χ0v) is 28.6. The van der Waals surface area contributed by atoms with E-state index in [0.29, 0.717) is 11.6 Å². The van der Waals surface area contributed by atoms with E-state index < -0.39 is 0 Å². The van der Waals surface area contributed by atoms with Gasteiger partial charge in [-0.15, -0.1) is 0 Å². The van der Waals surface area contributed by atoms with E-state index in [9.17, 15) is 0 Å². The highest BCUT2D eigenvalue weighted by Crippen LogP contribution is 2.38. The molecule has 53 heavy (non-hydrogen) atoms. The summed E-state index contributed by atoms with van der Waals surface area (Å²) in [5.41, 5.74) is 11.2. The molecule has 0 unspecified atom stereocenters. The largest absolute Gasteiger partial charge is 0.277 e. The molecule has 3 heterocycles. The standard InChI is InChI=1S/C48H31N5/c1-4-14-34(15-5-1)43-41-22-12-13-23-42(41)49-45(50-43)36-28-24-32(25-29-36)33-26-30-37(31-27-33)46-51-47(38-18-8-3-9-19-38)53-44(35-16-6-2-7-17-35)39-20-10-11-21-40(39)48(53)52-46/h1-31H. The number of rotatable bonds is 6. The summed E-state index contributed by atoms with van der Waals surface area (Å²) in [7, 11) is 0. The van der Waals surface area contributed by atoms with Gasteiger partial charge in [0.15, 0.2) is 11.6 Å². The first-order chi connectivity index (χ1) is 26.3. The molecule has 5 heteroatoms. The van der Waals surface area contributed by atoms with Crippen LogP contribution in [0.15, 0.2) is 188 Å². The van der Waals surface area contributed by atoms with Crippen LogP contribution in [0.4, 0.5) is 0 Å². The average molecular weight is 678 g/mol. The summed E-state index contributed by atoms with van der Waals surface area (Å²) >= 11 is 0. The minimum atomic E-state index is 0.684. The summed E-state index contributed by atoms with van der Waals surface area (Å²) in [4.78, 5) is 20.5. The van der Waals surface area contributed by atoms with Gasteiger partial charge in [0.25, 0.3) is 0 Å². The van der Waals surface area contributed by atoms with E-state index in [-0.39, 0.29) is 0 Å². The first-order valence-corrected chi connectivity index (χ1v) is 17.7. The van der Waals surface area contributed by atoms with Gasteiger partial charge in [0.05, 0.1) is 16.9 Å². The van der Waals surface area contributed by atoms with Crippen LogP contribution >= 0.6 is 0 Å². The molecule has 5 nitrogen and oxygen atoms in total. The Balaban J connectivity index is 1.04. The van der Waals surface area contributed by atoms with Crippen molar-refractivity contribution < 1.29 is 0 Å². The van der Waals surface area contributed by atoms with Crippen molar-refractivity contribution >= 4 is 27.3 Å². The van der Waals surface area contributed by atoms with Crippen molar-refractivity contribution in [3.8, 4) is 67.8 Å². The van der Waals surface area contributed by atoms with Crippen molar-refractivity contribution in [2.45, 2.75) is 0 Å². The van der Waals surface area contributed by atoms with Crippen LogP contribution in [0.25, 0.3) is 95.1 Å². The number of nitrogens with zero attached hydrogens (tertiary/aromatic N) is 5. The Hall–Kier alpha value is -7.24. The summed E-state index contributed by atoms with van der Waals surface area (Å²) in [5.74, 6) is 2.25. The molecule has 10 rings (SSSR count). The van der Waals surface area contributed by atoms with E-state index in [1.807, 2.05) is 48.5 Å². The Bertz CT molecular complexity index is 2900. The highest BCUT2D eigenvalue weighted by molar-refractivity contribution is 6.06. The van der Waals surface area contributed by atoms with Gasteiger partial charge in [0.2, 0.25) is 0 Å². The lowest BCUT2D eigenvalue weighted by Crippen LogP contribution is -2.03. The molecule has 0 aliphatic carbocycles. The van der Waals surface area contributed by atoms with E-state index >= 15 is 0 Å². The third-order valence-corrected chi connectivity index (χ3v) is 9.84. The number of hydrogen-bond acceptors (Lipinski definition) is 4. The first-order valence-electron chi connectivity index (χ1n) is 17.7. The Morgan fingerprint density at radius 1 is 0.302 bits per heavy atom. The smallest absolute Gasteiger partial charge is 0.163 e. The third kappa shape index (κ3) is 5.43. The number of benzene rings is 7. The fourth-order valence-electron chi connectivity index (χ4n) is 7.26. The molecule has 0 amide bonds. The Kier molecular flexibility index (Phi) is 7.40. The SMILES string of the molecule is c1ccc(-c2nc(-c3ccc(-c4ccc(-c5nc(-c6ccccc6)n6c(-c7ccccc7)c7ccccc7c6n5)cc4)cc3)nc3ccccc23)cc1. The van der Waals surface area contributed by atoms with Crippen molar-refractivity contribution in [2.75, 3.05) is 0 Å². The summed E-state index contributed by atoms with van der Waals surface area (Å²) < 4.78 is 2.22. The molecule has 0 atom stereocenters. The first kappa shape index (κ1) is 30.6. The van der Waals surface area contributed by atoms with Crippen LogP contribution in [-0.4, -0.2) is 24.3 Å². The highest BCUT2D eigenvalue weighted by atomic mass is 15.1. The van der Waals surface area contributed by atoms with Gasteiger partial charge in [-0.05, 0) is 22.8 Å². The molecule has 0 aliphatic rings. The lowest BCUT2D eigenvalue weighted by molar-refractivity contribution is 1.05. The maximum absolute atomic E-state index is 5.26. The quantitative estimate of drug-likeness (QED) is 0.176. The molecule has 0 aliphatic heterocycles. The Morgan fingerprint density at radius 2 is 0.774 bits per heavy atom. The van der Waals surface area contributed by atoms with Crippen LogP contribution in [0.5, 0.6) is 0 Å². The maximum Gasteiger partial charge on any atom is 0.163 e. The molecular weight excluding hydrogens is 647 g/mol. The average Bonchev–Trinajstić information content (AvgIpc) is 3.58. The zero-order chi connectivity index (χ0) is 35.1. The molecule has 0 saturated heterocycles. The van der Waals surface area contributed by atoms with E-state index in [2.05, 4.69) is 144 Å². The number of aromatic nitrogens is 5. The Morgan fingerprint density at radius 3 is 1.40 bits per heavy atom. The van der Waals surface area contributed by atoms with Crippen LogP contribution < -0.4 is 0 Å². The van der Waals surface area contributed by atoms with Gasteiger partial charge in [0.1, 0.15) is 11.5 Å². The normalized spacial score (nSPS) is 11.4. The summed E-state index contributed by atoms with van der Waals surface area (Å²) in [6.45, 7) is 0. The molecule has 0 fully saturated rings. The molecule has 0 N–H and O–H groups in total. The zero-order valence-electron chi connectivity index (χ0n) is 28.6. The Labute approximate surface area is 306 Å².